The van der Waals surface area contributed by atoms with Crippen LogP contribution < -0.4 is 9.64 Å². The van der Waals surface area contributed by atoms with Crippen LogP contribution in [0.15, 0.2) is 24.3 Å². The Morgan fingerprint density at radius 1 is 1.18 bits per heavy atom. The Balaban J connectivity index is 1.57. The zero-order valence-electron chi connectivity index (χ0n) is 16.3. The van der Waals surface area contributed by atoms with Crippen molar-refractivity contribution < 1.29 is 22.7 Å². The normalized spacial score (nSPS) is 21.2. The summed E-state index contributed by atoms with van der Waals surface area (Å²) in [6.07, 6.45) is 1.43. The number of benzene rings is 1. The van der Waals surface area contributed by atoms with Crippen molar-refractivity contribution in [1.29, 1.82) is 0 Å². The van der Waals surface area contributed by atoms with Crippen molar-refractivity contribution in [2.45, 2.75) is 6.42 Å². The molecule has 28 heavy (non-hydrogen) atoms. The van der Waals surface area contributed by atoms with Gasteiger partial charge in [-0.1, -0.05) is 12.1 Å². The lowest BCUT2D eigenvalue weighted by Gasteiger charge is -2.35. The molecule has 8 nitrogen and oxygen atoms in total. The number of hydrogen-bond donors (Lipinski definition) is 0. The second-order valence-corrected chi connectivity index (χ2v) is 9.63. The van der Waals surface area contributed by atoms with Crippen LogP contribution in [0.25, 0.3) is 0 Å². The third-order valence-electron chi connectivity index (χ3n) is 5.31. The van der Waals surface area contributed by atoms with Crippen molar-refractivity contribution in [2.75, 3.05) is 63.3 Å². The van der Waals surface area contributed by atoms with Gasteiger partial charge >= 0.3 is 0 Å². The molecule has 2 amide bonds. The second-order valence-electron chi connectivity index (χ2n) is 7.37. The highest BCUT2D eigenvalue weighted by atomic mass is 32.2. The molecule has 0 radical (unpaired) electrons. The summed E-state index contributed by atoms with van der Waals surface area (Å²) in [7, 11) is -1.43. The van der Waals surface area contributed by atoms with E-state index in [2.05, 4.69) is 4.90 Å². The highest BCUT2D eigenvalue weighted by Gasteiger charge is 2.38. The number of carbonyl (C=O) groups is 2. The van der Waals surface area contributed by atoms with Gasteiger partial charge in [-0.25, -0.2) is 8.42 Å². The highest BCUT2D eigenvalue weighted by molar-refractivity contribution is 7.90. The summed E-state index contributed by atoms with van der Waals surface area (Å²) in [6, 6.07) is 7.31. The van der Waals surface area contributed by atoms with Gasteiger partial charge in [0.05, 0.1) is 24.5 Å². The van der Waals surface area contributed by atoms with E-state index in [4.69, 9.17) is 4.74 Å². The maximum atomic E-state index is 12.9. The minimum absolute atomic E-state index is 0.00601. The number of carbonyl (C=O) groups excluding carboxylic acids is 2. The number of anilines is 1. The van der Waals surface area contributed by atoms with Crippen LogP contribution in [0.5, 0.6) is 5.75 Å². The number of ether oxygens (including phenoxy) is 1. The van der Waals surface area contributed by atoms with Gasteiger partial charge in [-0.15, -0.1) is 0 Å². The Morgan fingerprint density at radius 3 is 2.50 bits per heavy atom. The number of nitrogens with zero attached hydrogens (tertiary/aromatic N) is 3. The van der Waals surface area contributed by atoms with E-state index in [9.17, 15) is 18.0 Å². The van der Waals surface area contributed by atoms with Crippen LogP contribution >= 0.6 is 0 Å². The molecule has 9 heteroatoms. The van der Waals surface area contributed by atoms with Gasteiger partial charge in [-0.3, -0.25) is 14.5 Å². The molecule has 0 aromatic heterocycles. The van der Waals surface area contributed by atoms with Crippen LogP contribution in [0.4, 0.5) is 5.69 Å². The predicted molar refractivity (Wildman–Crippen MR) is 106 cm³/mol. The SMILES string of the molecule is COc1ccccc1N1CC(C(=O)N2CCN(CCS(C)(=O)=O)CC2)CC1=O. The molecular weight excluding hydrogens is 382 g/mol. The van der Waals surface area contributed by atoms with Crippen molar-refractivity contribution in [2.24, 2.45) is 5.92 Å². The van der Waals surface area contributed by atoms with E-state index in [0.717, 1.165) is 0 Å². The Morgan fingerprint density at radius 2 is 1.86 bits per heavy atom. The first-order valence-electron chi connectivity index (χ1n) is 9.41. The van der Waals surface area contributed by atoms with Crippen LogP contribution in [-0.2, 0) is 19.4 Å². The fraction of sp³-hybridized carbons (Fsp3) is 0.579. The van der Waals surface area contributed by atoms with Crippen LogP contribution in [0, 0.1) is 5.92 Å². The molecule has 2 saturated heterocycles. The molecule has 154 valence electrons. The lowest BCUT2D eigenvalue weighted by molar-refractivity contribution is -0.137. The molecule has 1 aromatic rings. The molecule has 2 heterocycles. The van der Waals surface area contributed by atoms with Gasteiger partial charge in [-0.05, 0) is 12.1 Å². The van der Waals surface area contributed by atoms with Gasteiger partial charge in [-0.2, -0.15) is 0 Å². The van der Waals surface area contributed by atoms with Crippen molar-refractivity contribution in [3.63, 3.8) is 0 Å². The maximum Gasteiger partial charge on any atom is 0.228 e. The van der Waals surface area contributed by atoms with Gasteiger partial charge in [0.15, 0.2) is 0 Å². The molecule has 2 fully saturated rings. The summed E-state index contributed by atoms with van der Waals surface area (Å²) in [5.74, 6) is 0.304. The Kier molecular flexibility index (Phi) is 6.24. The number of hydrogen-bond acceptors (Lipinski definition) is 6. The van der Waals surface area contributed by atoms with E-state index < -0.39 is 9.84 Å². The first kappa shape index (κ1) is 20.6. The fourth-order valence-corrected chi connectivity index (χ4v) is 4.29. The fourth-order valence-electron chi connectivity index (χ4n) is 3.70. The number of para-hydroxylation sites is 2. The van der Waals surface area contributed by atoms with Crippen LogP contribution in [0.1, 0.15) is 6.42 Å². The van der Waals surface area contributed by atoms with Crippen molar-refractivity contribution >= 4 is 27.3 Å². The van der Waals surface area contributed by atoms with Gasteiger partial charge in [0, 0.05) is 51.9 Å². The number of sulfone groups is 1. The van der Waals surface area contributed by atoms with E-state index in [-0.39, 0.29) is 29.9 Å². The summed E-state index contributed by atoms with van der Waals surface area (Å²) in [6.45, 7) is 3.26. The number of piperazine rings is 1. The lowest BCUT2D eigenvalue weighted by atomic mass is 10.1. The van der Waals surface area contributed by atoms with Crippen molar-refractivity contribution in [3.05, 3.63) is 24.3 Å². The number of methoxy groups -OCH3 is 1. The average Bonchev–Trinajstić information content (AvgIpc) is 3.07. The molecule has 0 saturated carbocycles. The van der Waals surface area contributed by atoms with Crippen molar-refractivity contribution in [1.82, 2.24) is 9.80 Å². The summed E-state index contributed by atoms with van der Waals surface area (Å²) >= 11 is 0. The summed E-state index contributed by atoms with van der Waals surface area (Å²) in [5.41, 5.74) is 0.691. The van der Waals surface area contributed by atoms with E-state index in [1.54, 1.807) is 23.0 Å². The van der Waals surface area contributed by atoms with Gasteiger partial charge in [0.1, 0.15) is 15.6 Å². The first-order chi connectivity index (χ1) is 13.3. The number of rotatable bonds is 6. The zero-order chi connectivity index (χ0) is 20.3. The van der Waals surface area contributed by atoms with Gasteiger partial charge in [0.25, 0.3) is 0 Å². The quantitative estimate of drug-likeness (QED) is 0.669. The predicted octanol–water partition coefficient (Wildman–Crippen LogP) is 0.237. The molecular formula is C19H27N3O5S. The largest absolute Gasteiger partial charge is 0.495 e. The molecule has 0 N–H and O–H groups in total. The minimum atomic E-state index is -2.99. The summed E-state index contributed by atoms with van der Waals surface area (Å²) in [5, 5.41) is 0. The Bertz CT molecular complexity index is 834. The molecule has 0 aliphatic carbocycles. The average molecular weight is 410 g/mol. The third kappa shape index (κ3) is 4.82. The Hall–Kier alpha value is -2.13. The van der Waals surface area contributed by atoms with E-state index in [1.165, 1.54) is 6.26 Å². The van der Waals surface area contributed by atoms with Gasteiger partial charge in [0.2, 0.25) is 11.8 Å². The van der Waals surface area contributed by atoms with Crippen molar-refractivity contribution in [3.8, 4) is 5.75 Å². The first-order valence-corrected chi connectivity index (χ1v) is 11.5. The monoisotopic (exact) mass is 409 g/mol. The molecule has 3 rings (SSSR count). The molecule has 1 aromatic carbocycles. The van der Waals surface area contributed by atoms with Crippen LogP contribution in [0.2, 0.25) is 0 Å². The summed E-state index contributed by atoms with van der Waals surface area (Å²) < 4.78 is 28.0. The Labute approximate surface area is 166 Å². The molecule has 0 bridgehead atoms. The molecule has 1 atom stereocenters. The molecule has 2 aliphatic rings. The topological polar surface area (TPSA) is 87.2 Å². The smallest absolute Gasteiger partial charge is 0.228 e. The van der Waals surface area contributed by atoms with E-state index >= 15 is 0 Å². The molecule has 0 spiro atoms. The molecule has 1 unspecified atom stereocenters. The summed E-state index contributed by atoms with van der Waals surface area (Å²) in [4.78, 5) is 30.9. The van der Waals surface area contributed by atoms with E-state index in [0.29, 0.717) is 50.7 Å². The minimum Gasteiger partial charge on any atom is -0.495 e. The zero-order valence-corrected chi connectivity index (χ0v) is 17.2. The maximum absolute atomic E-state index is 12.9. The van der Waals surface area contributed by atoms with Crippen LogP contribution in [0.3, 0.4) is 0 Å². The lowest BCUT2D eigenvalue weighted by Crippen LogP contribution is -2.51. The number of amides is 2. The highest BCUT2D eigenvalue weighted by Crippen LogP contribution is 2.33. The second kappa shape index (κ2) is 8.48. The molecule has 2 aliphatic heterocycles. The standard InChI is InChI=1S/C19H27N3O5S/c1-27-17-6-4-3-5-16(17)22-14-15(13-18(22)23)19(24)21-9-7-20(8-10-21)11-12-28(2,25)26/h3-6,15H,7-14H2,1-2H3. The van der Waals surface area contributed by atoms with Gasteiger partial charge < -0.3 is 14.5 Å². The van der Waals surface area contributed by atoms with E-state index in [1.807, 2.05) is 18.2 Å². The third-order valence-corrected chi connectivity index (χ3v) is 6.24. The van der Waals surface area contributed by atoms with Crippen LogP contribution in [-0.4, -0.2) is 88.4 Å².